The van der Waals surface area contributed by atoms with E-state index in [1.165, 1.54) is 0 Å². The fraction of sp³-hybridized carbons (Fsp3) is 0. The summed E-state index contributed by atoms with van der Waals surface area (Å²) < 4.78 is 1.65. The van der Waals surface area contributed by atoms with Crippen LogP contribution in [-0.4, -0.2) is 4.98 Å². The zero-order valence-corrected chi connectivity index (χ0v) is 12.8. The molecule has 1 aromatic heterocycles. The van der Waals surface area contributed by atoms with Crippen molar-refractivity contribution >= 4 is 55.0 Å². The fourth-order valence-electron chi connectivity index (χ4n) is 1.35. The van der Waals surface area contributed by atoms with Crippen molar-refractivity contribution in [3.8, 4) is 6.07 Å². The van der Waals surface area contributed by atoms with Crippen LogP contribution in [-0.2, 0) is 0 Å². The zero-order chi connectivity index (χ0) is 13.1. The molecule has 0 atom stereocenters. The molecule has 0 aliphatic heterocycles. The van der Waals surface area contributed by atoms with E-state index in [9.17, 15) is 0 Å². The Morgan fingerprint density at radius 3 is 2.67 bits per heavy atom. The summed E-state index contributed by atoms with van der Waals surface area (Å²) in [6, 6.07) is 9.22. The molecule has 0 saturated carbocycles. The van der Waals surface area contributed by atoms with Gasteiger partial charge in [0.2, 0.25) is 0 Å². The number of aromatic nitrogens is 1. The highest BCUT2D eigenvalue weighted by molar-refractivity contribution is 9.10. The highest BCUT2D eigenvalue weighted by Gasteiger charge is 2.07. The largest absolute Gasteiger partial charge is 0.338 e. The maximum atomic E-state index is 9.06. The summed E-state index contributed by atoms with van der Waals surface area (Å²) in [4.78, 5) is 4.16. The van der Waals surface area contributed by atoms with Gasteiger partial charge in [-0.15, -0.1) is 0 Å². The topological polar surface area (TPSA) is 48.7 Å². The summed E-state index contributed by atoms with van der Waals surface area (Å²) in [5, 5.41) is 12.6. The summed E-state index contributed by atoms with van der Waals surface area (Å²) in [6.07, 6.45) is 1.64. The Morgan fingerprint density at radius 2 is 2.00 bits per heavy atom. The van der Waals surface area contributed by atoms with E-state index in [4.69, 9.17) is 16.9 Å². The van der Waals surface area contributed by atoms with Crippen LogP contribution in [0.4, 0.5) is 11.5 Å². The van der Waals surface area contributed by atoms with Gasteiger partial charge in [-0.1, -0.05) is 27.5 Å². The normalized spacial score (nSPS) is 9.89. The average molecular weight is 387 g/mol. The van der Waals surface area contributed by atoms with Crippen molar-refractivity contribution in [2.45, 2.75) is 0 Å². The van der Waals surface area contributed by atoms with Crippen LogP contribution in [0.15, 0.2) is 39.4 Å². The van der Waals surface area contributed by atoms with Gasteiger partial charge in [-0.05, 0) is 40.2 Å². The molecule has 0 bridgehead atoms. The van der Waals surface area contributed by atoms with E-state index in [0.29, 0.717) is 22.1 Å². The van der Waals surface area contributed by atoms with E-state index in [1.54, 1.807) is 24.4 Å². The van der Waals surface area contributed by atoms with Crippen LogP contribution in [0, 0.1) is 11.3 Å². The molecular formula is C12H6Br2ClN3. The second kappa shape index (κ2) is 5.70. The lowest BCUT2D eigenvalue weighted by atomic mass is 10.2. The molecule has 0 fully saturated rings. The third kappa shape index (κ3) is 3.02. The molecule has 1 N–H and O–H groups in total. The molecule has 2 aromatic rings. The van der Waals surface area contributed by atoms with Crippen molar-refractivity contribution in [3.05, 3.63) is 50.0 Å². The van der Waals surface area contributed by atoms with Gasteiger partial charge in [-0.25, -0.2) is 4.98 Å². The predicted molar refractivity (Wildman–Crippen MR) is 79.1 cm³/mol. The predicted octanol–water partition coefficient (Wildman–Crippen LogP) is 4.88. The number of rotatable bonds is 2. The number of nitriles is 1. The number of anilines is 2. The number of hydrogen-bond donors (Lipinski definition) is 1. The van der Waals surface area contributed by atoms with Crippen LogP contribution < -0.4 is 5.32 Å². The third-order valence-corrected chi connectivity index (χ3v) is 3.38. The Hall–Kier alpha value is -1.09. The third-order valence-electron chi connectivity index (χ3n) is 2.16. The number of hydrogen-bond acceptors (Lipinski definition) is 3. The van der Waals surface area contributed by atoms with Gasteiger partial charge in [0.1, 0.15) is 11.9 Å². The second-order valence-electron chi connectivity index (χ2n) is 3.41. The van der Waals surface area contributed by atoms with Crippen molar-refractivity contribution in [3.63, 3.8) is 0 Å². The summed E-state index contributed by atoms with van der Waals surface area (Å²) in [7, 11) is 0. The minimum Gasteiger partial charge on any atom is -0.338 e. The zero-order valence-electron chi connectivity index (χ0n) is 8.92. The minimum atomic E-state index is 0.483. The van der Waals surface area contributed by atoms with E-state index in [-0.39, 0.29) is 0 Å². The molecule has 0 amide bonds. The summed E-state index contributed by atoms with van der Waals surface area (Å²) in [5.41, 5.74) is 1.18. The van der Waals surface area contributed by atoms with Crippen molar-refractivity contribution in [2.24, 2.45) is 0 Å². The van der Waals surface area contributed by atoms with Crippen LogP contribution in [0.1, 0.15) is 5.56 Å². The van der Waals surface area contributed by atoms with Gasteiger partial charge in [0.05, 0.1) is 16.3 Å². The number of halogens is 3. The Morgan fingerprint density at radius 1 is 1.22 bits per heavy atom. The molecule has 6 heteroatoms. The number of benzene rings is 1. The number of nitrogens with one attached hydrogen (secondary N) is 1. The molecule has 0 radical (unpaired) electrons. The van der Waals surface area contributed by atoms with Crippen LogP contribution in [0.3, 0.4) is 0 Å². The lowest BCUT2D eigenvalue weighted by Crippen LogP contribution is -1.96. The average Bonchev–Trinajstić information content (AvgIpc) is 2.34. The maximum absolute atomic E-state index is 9.06. The molecule has 1 heterocycles. The van der Waals surface area contributed by atoms with E-state index in [2.05, 4.69) is 48.2 Å². The monoisotopic (exact) mass is 385 g/mol. The van der Waals surface area contributed by atoms with Gasteiger partial charge in [0.15, 0.2) is 0 Å². The first-order valence-electron chi connectivity index (χ1n) is 4.88. The molecule has 1 aromatic carbocycles. The van der Waals surface area contributed by atoms with Crippen LogP contribution in [0.5, 0.6) is 0 Å². The Labute approximate surface area is 126 Å². The second-order valence-corrected chi connectivity index (χ2v) is 5.65. The number of nitrogens with zero attached hydrogens (tertiary/aromatic N) is 2. The smallest absolute Gasteiger partial charge is 0.149 e. The lowest BCUT2D eigenvalue weighted by molar-refractivity contribution is 1.29. The van der Waals surface area contributed by atoms with E-state index in [1.807, 2.05) is 6.07 Å². The van der Waals surface area contributed by atoms with Crippen LogP contribution in [0.2, 0.25) is 5.02 Å². The first-order chi connectivity index (χ1) is 8.60. The Kier molecular flexibility index (Phi) is 4.23. The molecule has 0 aliphatic carbocycles. The standard InChI is InChI=1S/C12H6Br2ClN3/c13-8-1-2-11(7(3-8)5-16)18-12-10(15)4-9(14)6-17-12/h1-4,6H,(H,17,18). The molecule has 0 spiro atoms. The van der Waals surface area contributed by atoms with Gasteiger partial charge in [0, 0.05) is 15.1 Å². The SMILES string of the molecule is N#Cc1cc(Br)ccc1Nc1ncc(Br)cc1Cl. The van der Waals surface area contributed by atoms with Gasteiger partial charge >= 0.3 is 0 Å². The van der Waals surface area contributed by atoms with E-state index < -0.39 is 0 Å². The fourth-order valence-corrected chi connectivity index (χ4v) is 2.39. The van der Waals surface area contributed by atoms with Crippen LogP contribution >= 0.6 is 43.5 Å². The molecule has 0 unspecified atom stereocenters. The maximum Gasteiger partial charge on any atom is 0.149 e. The quantitative estimate of drug-likeness (QED) is 0.799. The molecule has 2 rings (SSSR count). The summed E-state index contributed by atoms with van der Waals surface area (Å²) >= 11 is 12.7. The Bertz CT molecular complexity index is 638. The van der Waals surface area contributed by atoms with Gasteiger partial charge < -0.3 is 5.32 Å². The first kappa shape index (κ1) is 13.3. The molecular weight excluding hydrogens is 381 g/mol. The van der Waals surface area contributed by atoms with Gasteiger partial charge in [-0.2, -0.15) is 5.26 Å². The molecule has 3 nitrogen and oxygen atoms in total. The summed E-state index contributed by atoms with van der Waals surface area (Å²) in [6.45, 7) is 0. The molecule has 0 saturated heterocycles. The highest BCUT2D eigenvalue weighted by atomic mass is 79.9. The Balaban J connectivity index is 2.37. The first-order valence-corrected chi connectivity index (χ1v) is 6.84. The lowest BCUT2D eigenvalue weighted by Gasteiger charge is -2.09. The van der Waals surface area contributed by atoms with Gasteiger partial charge in [-0.3, -0.25) is 0 Å². The number of pyridine rings is 1. The molecule has 0 aliphatic rings. The van der Waals surface area contributed by atoms with E-state index in [0.717, 1.165) is 8.95 Å². The van der Waals surface area contributed by atoms with Crippen molar-refractivity contribution < 1.29 is 0 Å². The highest BCUT2D eigenvalue weighted by Crippen LogP contribution is 2.28. The molecule has 90 valence electrons. The summed E-state index contributed by atoms with van der Waals surface area (Å²) in [5.74, 6) is 0.513. The molecule has 18 heavy (non-hydrogen) atoms. The van der Waals surface area contributed by atoms with Crippen molar-refractivity contribution in [1.29, 1.82) is 5.26 Å². The van der Waals surface area contributed by atoms with Gasteiger partial charge in [0.25, 0.3) is 0 Å². The minimum absolute atomic E-state index is 0.483. The van der Waals surface area contributed by atoms with Crippen molar-refractivity contribution in [1.82, 2.24) is 4.98 Å². The van der Waals surface area contributed by atoms with Crippen molar-refractivity contribution in [2.75, 3.05) is 5.32 Å². The van der Waals surface area contributed by atoms with E-state index >= 15 is 0 Å². The van der Waals surface area contributed by atoms with Crippen LogP contribution in [0.25, 0.3) is 0 Å².